The molecule has 0 N–H and O–H groups in total. The number of thiophene rings is 1. The summed E-state index contributed by atoms with van der Waals surface area (Å²) in [7, 11) is 0. The fourth-order valence-corrected chi connectivity index (χ4v) is 10.3. The fourth-order valence-electron chi connectivity index (χ4n) is 9.26. The maximum Gasteiger partial charge on any atom is 0.0355 e. The molecule has 1 aliphatic carbocycles. The molecule has 10 aromatic carbocycles. The van der Waals surface area contributed by atoms with Crippen molar-refractivity contribution in [1.82, 2.24) is 0 Å². The monoisotopic (exact) mass is 712 g/mol. The van der Waals surface area contributed by atoms with E-state index < -0.39 is 0 Å². The lowest BCUT2D eigenvalue weighted by molar-refractivity contribution is 1.51. The lowest BCUT2D eigenvalue weighted by atomic mass is 9.79. The van der Waals surface area contributed by atoms with Crippen molar-refractivity contribution >= 4 is 63.8 Å². The highest BCUT2D eigenvalue weighted by Crippen LogP contribution is 2.50. The molecule has 0 aliphatic heterocycles. The molecule has 0 spiro atoms. The van der Waals surface area contributed by atoms with Gasteiger partial charge in [0.15, 0.2) is 0 Å². The van der Waals surface area contributed by atoms with Gasteiger partial charge in [-0.1, -0.05) is 158 Å². The Kier molecular flexibility index (Phi) is 6.60. The highest BCUT2D eigenvalue weighted by Gasteiger charge is 2.23. The van der Waals surface area contributed by atoms with E-state index in [1.165, 1.54) is 119 Å². The van der Waals surface area contributed by atoms with E-state index in [2.05, 4.69) is 194 Å². The van der Waals surface area contributed by atoms with E-state index >= 15 is 0 Å². The van der Waals surface area contributed by atoms with Gasteiger partial charge in [0.25, 0.3) is 0 Å². The molecule has 1 heteroatoms. The van der Waals surface area contributed by atoms with Crippen molar-refractivity contribution in [3.63, 3.8) is 0 Å². The van der Waals surface area contributed by atoms with Gasteiger partial charge in [0.1, 0.15) is 0 Å². The smallest absolute Gasteiger partial charge is 0.0355 e. The van der Waals surface area contributed by atoms with E-state index in [9.17, 15) is 0 Å². The van der Waals surface area contributed by atoms with Gasteiger partial charge in [-0.05, 0) is 135 Å². The van der Waals surface area contributed by atoms with Gasteiger partial charge >= 0.3 is 0 Å². The minimum absolute atomic E-state index is 1.22. The first-order valence-corrected chi connectivity index (χ1v) is 19.8. The second-order valence-corrected chi connectivity index (χ2v) is 15.9. The van der Waals surface area contributed by atoms with Crippen molar-refractivity contribution in [3.8, 4) is 66.8 Å². The van der Waals surface area contributed by atoms with Crippen LogP contribution in [0.5, 0.6) is 0 Å². The van der Waals surface area contributed by atoms with Gasteiger partial charge in [-0.2, -0.15) is 0 Å². The number of hydrogen-bond acceptors (Lipinski definition) is 1. The van der Waals surface area contributed by atoms with Gasteiger partial charge in [-0.25, -0.2) is 0 Å². The van der Waals surface area contributed by atoms with Crippen LogP contribution in [0.4, 0.5) is 0 Å². The van der Waals surface area contributed by atoms with Gasteiger partial charge in [0.05, 0.1) is 0 Å². The second kappa shape index (κ2) is 11.9. The van der Waals surface area contributed by atoms with Gasteiger partial charge < -0.3 is 0 Å². The molecule has 0 amide bonds. The third-order valence-corrected chi connectivity index (χ3v) is 13.0. The van der Waals surface area contributed by atoms with Crippen molar-refractivity contribution in [1.29, 1.82) is 0 Å². The van der Waals surface area contributed by atoms with E-state index in [1.54, 1.807) is 0 Å². The van der Waals surface area contributed by atoms with Crippen LogP contribution in [0.25, 0.3) is 119 Å². The summed E-state index contributed by atoms with van der Waals surface area (Å²) in [6, 6.07) is 72.6. The van der Waals surface area contributed by atoms with Crippen LogP contribution in [-0.2, 0) is 0 Å². The van der Waals surface area contributed by atoms with E-state index in [0.29, 0.717) is 0 Å². The molecule has 0 atom stereocenters. The quantitative estimate of drug-likeness (QED) is 0.157. The van der Waals surface area contributed by atoms with E-state index in [-0.39, 0.29) is 0 Å². The second-order valence-electron chi connectivity index (χ2n) is 14.8. The fraction of sp³-hybridized carbons (Fsp3) is 0. The van der Waals surface area contributed by atoms with E-state index in [1.807, 2.05) is 11.3 Å². The topological polar surface area (TPSA) is 0 Å². The predicted octanol–water partition coefficient (Wildman–Crippen LogP) is 15.8. The molecule has 0 saturated carbocycles. The molecule has 12 rings (SSSR count). The Morgan fingerprint density at radius 2 is 0.545 bits per heavy atom. The van der Waals surface area contributed by atoms with Gasteiger partial charge in [-0.15, -0.1) is 11.3 Å². The predicted molar refractivity (Wildman–Crippen MR) is 238 cm³/mol. The Labute approximate surface area is 323 Å². The molecule has 0 saturated heterocycles. The van der Waals surface area contributed by atoms with Crippen LogP contribution in [0.2, 0.25) is 0 Å². The van der Waals surface area contributed by atoms with Crippen LogP contribution in [0.1, 0.15) is 0 Å². The Hall–Kier alpha value is -6.80. The minimum atomic E-state index is 1.22. The van der Waals surface area contributed by atoms with E-state index in [4.69, 9.17) is 0 Å². The average molecular weight is 713 g/mol. The highest BCUT2D eigenvalue weighted by atomic mass is 32.1. The van der Waals surface area contributed by atoms with Crippen molar-refractivity contribution in [2.45, 2.75) is 0 Å². The summed E-state index contributed by atoms with van der Waals surface area (Å²) in [5.74, 6) is 0. The number of hydrogen-bond donors (Lipinski definition) is 0. The van der Waals surface area contributed by atoms with Crippen LogP contribution in [-0.4, -0.2) is 0 Å². The average Bonchev–Trinajstić information content (AvgIpc) is 3.63. The molecule has 1 aromatic heterocycles. The lowest BCUT2D eigenvalue weighted by Crippen LogP contribution is -1.98. The third kappa shape index (κ3) is 4.64. The molecule has 0 nitrogen and oxygen atoms in total. The van der Waals surface area contributed by atoms with Crippen LogP contribution in [0, 0.1) is 0 Å². The van der Waals surface area contributed by atoms with Crippen LogP contribution >= 0.6 is 11.3 Å². The molecule has 55 heavy (non-hydrogen) atoms. The van der Waals surface area contributed by atoms with Crippen molar-refractivity contribution < 1.29 is 0 Å². The molecule has 0 radical (unpaired) electrons. The largest absolute Gasteiger partial charge is 0.135 e. The van der Waals surface area contributed by atoms with Crippen molar-refractivity contribution in [3.05, 3.63) is 194 Å². The zero-order chi connectivity index (χ0) is 36.0. The molecular weight excluding hydrogens is 681 g/mol. The standard InChI is InChI=1S/C54H32S/c1-3-15-41-37(11-1)39-13-5-7-17-43(39)49-29-33(21-25-45(41)49)34-22-26-46-42-16-4-2-12-38(42)40-14-6-8-18-44(40)50-30-35(23-27-47(50)51(46)31-34)36-24-28-54-52(32-36)48-19-9-10-20-53(48)55-54/h1-32H. The summed E-state index contributed by atoms with van der Waals surface area (Å²) in [5, 5.41) is 10.4. The first-order chi connectivity index (χ1) is 27.3. The number of fused-ring (bicyclic) bond motifs is 17. The van der Waals surface area contributed by atoms with E-state index in [0.717, 1.165) is 0 Å². The zero-order valence-electron chi connectivity index (χ0n) is 29.9. The summed E-state index contributed by atoms with van der Waals surface area (Å²) in [4.78, 5) is 0. The van der Waals surface area contributed by atoms with Crippen LogP contribution in [0.3, 0.4) is 0 Å². The van der Waals surface area contributed by atoms with Gasteiger partial charge in [0, 0.05) is 20.2 Å². The summed E-state index contributed by atoms with van der Waals surface area (Å²) < 4.78 is 2.66. The third-order valence-electron chi connectivity index (χ3n) is 11.8. The first-order valence-electron chi connectivity index (χ1n) is 19.0. The van der Waals surface area contributed by atoms with Crippen molar-refractivity contribution in [2.75, 3.05) is 0 Å². The SMILES string of the molecule is c1ccc2c(c1)-c1ccccc1-c1cc(-c3ccc4sc5ccccc5c4c3)ccc1-c1cc(-c3ccc4c5ccccc5c5ccccc5c4c3)ccc1-2. The molecule has 0 unspecified atom stereocenters. The van der Waals surface area contributed by atoms with Crippen molar-refractivity contribution in [2.24, 2.45) is 0 Å². The Morgan fingerprint density at radius 1 is 0.200 bits per heavy atom. The zero-order valence-corrected chi connectivity index (χ0v) is 30.7. The maximum absolute atomic E-state index is 2.44. The van der Waals surface area contributed by atoms with Crippen LogP contribution in [0.15, 0.2) is 194 Å². The summed E-state index contributed by atoms with van der Waals surface area (Å²) in [6.07, 6.45) is 0. The molecule has 1 heterocycles. The normalized spacial score (nSPS) is 12.0. The Bertz CT molecular complexity index is 3340. The molecule has 1 aliphatic rings. The summed E-state index contributed by atoms with van der Waals surface area (Å²) in [5.41, 5.74) is 15.0. The van der Waals surface area contributed by atoms with Gasteiger partial charge in [-0.3, -0.25) is 0 Å². The molecule has 11 aromatic rings. The molecular formula is C54H32S. The summed E-state index contributed by atoms with van der Waals surface area (Å²) in [6.45, 7) is 0. The first kappa shape index (κ1) is 30.6. The number of rotatable bonds is 2. The van der Waals surface area contributed by atoms with Crippen LogP contribution < -0.4 is 0 Å². The molecule has 0 fully saturated rings. The number of benzene rings is 10. The van der Waals surface area contributed by atoms with Gasteiger partial charge in [0.2, 0.25) is 0 Å². The molecule has 0 bridgehead atoms. The Balaban J connectivity index is 1.10. The Morgan fingerprint density at radius 3 is 1.13 bits per heavy atom. The minimum Gasteiger partial charge on any atom is -0.135 e. The maximum atomic E-state index is 2.44. The molecule has 254 valence electrons. The highest BCUT2D eigenvalue weighted by molar-refractivity contribution is 7.25. The lowest BCUT2D eigenvalue weighted by Gasteiger charge is -2.24. The summed E-state index contributed by atoms with van der Waals surface area (Å²) >= 11 is 1.87.